The molecule has 0 aliphatic heterocycles. The average molecular weight is 242 g/mol. The van der Waals surface area contributed by atoms with Crippen LogP contribution < -0.4 is 0 Å². The van der Waals surface area contributed by atoms with Crippen LogP contribution in [0.15, 0.2) is 5.38 Å². The standard InChI is InChI=1S/C10H14N2O3S/c1-3-12(5-10(14)15)9(13)4-8-6-16-7(2)11-8/h6H,3-5H2,1-2H3,(H,14,15). The Hall–Kier alpha value is -1.43. The van der Waals surface area contributed by atoms with Gasteiger partial charge in [-0.15, -0.1) is 11.3 Å². The molecule has 1 heterocycles. The first-order chi connectivity index (χ1) is 7.52. The van der Waals surface area contributed by atoms with Crippen LogP contribution in [-0.4, -0.2) is 40.0 Å². The van der Waals surface area contributed by atoms with E-state index in [9.17, 15) is 9.59 Å². The SMILES string of the molecule is CCN(CC(=O)O)C(=O)Cc1csc(C)n1. The number of aliphatic carboxylic acids is 1. The number of amides is 1. The number of hydrogen-bond donors (Lipinski definition) is 1. The van der Waals surface area contributed by atoms with Crippen molar-refractivity contribution in [2.24, 2.45) is 0 Å². The van der Waals surface area contributed by atoms with Gasteiger partial charge in [-0.2, -0.15) is 0 Å². The molecule has 0 atom stereocenters. The van der Waals surface area contributed by atoms with Gasteiger partial charge in [0.2, 0.25) is 5.91 Å². The van der Waals surface area contributed by atoms with Crippen LogP contribution in [0.2, 0.25) is 0 Å². The third-order valence-corrected chi connectivity index (χ3v) is 2.88. The van der Waals surface area contributed by atoms with Gasteiger partial charge >= 0.3 is 5.97 Å². The fourth-order valence-corrected chi connectivity index (χ4v) is 1.91. The molecule has 1 aromatic rings. The van der Waals surface area contributed by atoms with E-state index >= 15 is 0 Å². The van der Waals surface area contributed by atoms with Crippen molar-refractivity contribution in [3.05, 3.63) is 16.1 Å². The normalized spacial score (nSPS) is 10.1. The molecule has 0 radical (unpaired) electrons. The molecule has 0 saturated heterocycles. The average Bonchev–Trinajstić information content (AvgIpc) is 2.60. The van der Waals surface area contributed by atoms with Crippen molar-refractivity contribution < 1.29 is 14.7 Å². The van der Waals surface area contributed by atoms with Crippen LogP contribution in [0.3, 0.4) is 0 Å². The number of carboxylic acids is 1. The highest BCUT2D eigenvalue weighted by molar-refractivity contribution is 7.09. The molecule has 0 unspecified atom stereocenters. The van der Waals surface area contributed by atoms with Crippen LogP contribution in [0.25, 0.3) is 0 Å². The maximum Gasteiger partial charge on any atom is 0.323 e. The fourth-order valence-electron chi connectivity index (χ4n) is 1.30. The topological polar surface area (TPSA) is 70.5 Å². The van der Waals surface area contributed by atoms with Crippen molar-refractivity contribution in [2.45, 2.75) is 20.3 Å². The molecule has 0 aliphatic carbocycles. The lowest BCUT2D eigenvalue weighted by molar-refractivity contribution is -0.144. The molecule has 1 N–H and O–H groups in total. The van der Waals surface area contributed by atoms with Gasteiger partial charge in [0.15, 0.2) is 0 Å². The smallest absolute Gasteiger partial charge is 0.323 e. The van der Waals surface area contributed by atoms with Gasteiger partial charge in [-0.25, -0.2) is 4.98 Å². The molecule has 0 bridgehead atoms. The first-order valence-electron chi connectivity index (χ1n) is 4.93. The molecule has 0 aliphatic rings. The Bertz CT molecular complexity index is 389. The zero-order valence-electron chi connectivity index (χ0n) is 9.27. The number of carboxylic acid groups (broad SMARTS) is 1. The summed E-state index contributed by atoms with van der Waals surface area (Å²) in [7, 11) is 0. The summed E-state index contributed by atoms with van der Waals surface area (Å²) in [5.41, 5.74) is 0.705. The maximum absolute atomic E-state index is 11.7. The maximum atomic E-state index is 11.7. The van der Waals surface area contributed by atoms with Gasteiger partial charge in [-0.3, -0.25) is 9.59 Å². The summed E-state index contributed by atoms with van der Waals surface area (Å²) >= 11 is 1.48. The van der Waals surface area contributed by atoms with Crippen molar-refractivity contribution >= 4 is 23.2 Å². The third-order valence-electron chi connectivity index (χ3n) is 2.06. The van der Waals surface area contributed by atoms with Gasteiger partial charge in [0.1, 0.15) is 6.54 Å². The fraction of sp³-hybridized carbons (Fsp3) is 0.500. The molecule has 0 fully saturated rings. The quantitative estimate of drug-likeness (QED) is 0.833. The number of thiazole rings is 1. The van der Waals surface area contributed by atoms with Crippen molar-refractivity contribution in [2.75, 3.05) is 13.1 Å². The van der Waals surface area contributed by atoms with E-state index in [1.54, 1.807) is 6.92 Å². The third kappa shape index (κ3) is 3.62. The molecule has 88 valence electrons. The number of likely N-dealkylation sites (N-methyl/N-ethyl adjacent to an activating group) is 1. The summed E-state index contributed by atoms with van der Waals surface area (Å²) in [6.07, 6.45) is 0.172. The lowest BCUT2D eigenvalue weighted by atomic mass is 10.3. The highest BCUT2D eigenvalue weighted by atomic mass is 32.1. The van der Waals surface area contributed by atoms with Crippen molar-refractivity contribution in [1.82, 2.24) is 9.88 Å². The zero-order chi connectivity index (χ0) is 12.1. The molecule has 5 nitrogen and oxygen atoms in total. The number of carbonyl (C=O) groups is 2. The summed E-state index contributed by atoms with van der Waals surface area (Å²) in [5, 5.41) is 11.4. The highest BCUT2D eigenvalue weighted by Gasteiger charge is 2.16. The second kappa shape index (κ2) is 5.60. The second-order valence-corrected chi connectivity index (χ2v) is 4.40. The van der Waals surface area contributed by atoms with Gasteiger partial charge in [0.25, 0.3) is 0 Å². The minimum absolute atomic E-state index is 0.172. The Morgan fingerprint density at radius 3 is 2.69 bits per heavy atom. The summed E-state index contributed by atoms with van der Waals surface area (Å²) < 4.78 is 0. The number of rotatable bonds is 5. The van der Waals surface area contributed by atoms with Crippen LogP contribution in [0.4, 0.5) is 0 Å². The first-order valence-corrected chi connectivity index (χ1v) is 5.81. The Kier molecular flexibility index (Phi) is 4.42. The molecule has 1 rings (SSSR count). The van der Waals surface area contributed by atoms with E-state index in [1.165, 1.54) is 16.2 Å². The van der Waals surface area contributed by atoms with E-state index in [1.807, 2.05) is 12.3 Å². The Labute approximate surface area is 97.7 Å². The Morgan fingerprint density at radius 2 is 2.25 bits per heavy atom. The number of aryl methyl sites for hydroxylation is 1. The predicted octanol–water partition coefficient (Wildman–Crippen LogP) is 0.927. The minimum atomic E-state index is -0.996. The van der Waals surface area contributed by atoms with Gasteiger partial charge in [-0.1, -0.05) is 0 Å². The molecule has 6 heteroatoms. The summed E-state index contributed by atoms with van der Waals surface area (Å²) in [5.74, 6) is -1.19. The van der Waals surface area contributed by atoms with E-state index < -0.39 is 5.97 Å². The molecule has 0 aromatic carbocycles. The molecule has 0 spiro atoms. The number of hydrogen-bond acceptors (Lipinski definition) is 4. The molecule has 0 saturated carbocycles. The van der Waals surface area contributed by atoms with Crippen molar-refractivity contribution in [3.63, 3.8) is 0 Å². The van der Waals surface area contributed by atoms with Crippen LogP contribution in [0.5, 0.6) is 0 Å². The zero-order valence-corrected chi connectivity index (χ0v) is 10.1. The van der Waals surface area contributed by atoms with E-state index in [0.29, 0.717) is 12.2 Å². The first kappa shape index (κ1) is 12.6. The Morgan fingerprint density at radius 1 is 1.56 bits per heavy atom. The van der Waals surface area contributed by atoms with Gasteiger partial charge in [0, 0.05) is 11.9 Å². The summed E-state index contributed by atoms with van der Waals surface area (Å²) in [6.45, 7) is 3.77. The monoisotopic (exact) mass is 242 g/mol. The summed E-state index contributed by atoms with van der Waals surface area (Å²) in [6, 6.07) is 0. The number of nitrogens with zero attached hydrogens (tertiary/aromatic N) is 2. The van der Waals surface area contributed by atoms with Gasteiger partial charge < -0.3 is 10.0 Å². The highest BCUT2D eigenvalue weighted by Crippen LogP contribution is 2.09. The lowest BCUT2D eigenvalue weighted by Gasteiger charge is -2.17. The number of aromatic nitrogens is 1. The Balaban J connectivity index is 2.59. The number of carbonyl (C=O) groups excluding carboxylic acids is 1. The van der Waals surface area contributed by atoms with E-state index in [-0.39, 0.29) is 18.9 Å². The van der Waals surface area contributed by atoms with Crippen molar-refractivity contribution in [3.8, 4) is 0 Å². The van der Waals surface area contributed by atoms with E-state index in [4.69, 9.17) is 5.11 Å². The summed E-state index contributed by atoms with van der Waals surface area (Å²) in [4.78, 5) is 27.7. The largest absolute Gasteiger partial charge is 0.480 e. The molecule has 1 amide bonds. The molecular weight excluding hydrogens is 228 g/mol. The van der Waals surface area contributed by atoms with E-state index in [0.717, 1.165) is 5.01 Å². The van der Waals surface area contributed by atoms with Gasteiger partial charge in [0.05, 0.1) is 17.1 Å². The minimum Gasteiger partial charge on any atom is -0.480 e. The van der Waals surface area contributed by atoms with Crippen LogP contribution in [-0.2, 0) is 16.0 Å². The van der Waals surface area contributed by atoms with Gasteiger partial charge in [-0.05, 0) is 13.8 Å². The molecule has 1 aromatic heterocycles. The van der Waals surface area contributed by atoms with Crippen LogP contribution in [0, 0.1) is 6.92 Å². The lowest BCUT2D eigenvalue weighted by Crippen LogP contribution is -2.36. The molecule has 16 heavy (non-hydrogen) atoms. The molecular formula is C10H14N2O3S. The van der Waals surface area contributed by atoms with Crippen molar-refractivity contribution in [1.29, 1.82) is 0 Å². The second-order valence-electron chi connectivity index (χ2n) is 3.34. The van der Waals surface area contributed by atoms with Crippen LogP contribution in [0.1, 0.15) is 17.6 Å². The van der Waals surface area contributed by atoms with E-state index in [2.05, 4.69) is 4.98 Å². The predicted molar refractivity (Wildman–Crippen MR) is 60.4 cm³/mol. The van der Waals surface area contributed by atoms with Crippen LogP contribution >= 0.6 is 11.3 Å².